The topological polar surface area (TPSA) is 57.6 Å². The summed E-state index contributed by atoms with van der Waals surface area (Å²) in [6.45, 7) is 1.27. The molecule has 1 aliphatic heterocycles. The number of Topliss-reactive ketones (excluding diaryl/α,β-unsaturated/α-hetero) is 1. The van der Waals surface area contributed by atoms with E-state index in [0.717, 1.165) is 12.8 Å². The Bertz CT molecular complexity index is 410. The van der Waals surface area contributed by atoms with Crippen molar-refractivity contribution in [2.75, 3.05) is 13.1 Å². The lowest BCUT2D eigenvalue weighted by Crippen LogP contribution is -2.41. The molecule has 0 aromatic heterocycles. The van der Waals surface area contributed by atoms with Gasteiger partial charge in [0.25, 0.3) is 5.91 Å². The van der Waals surface area contributed by atoms with Gasteiger partial charge in [0.1, 0.15) is 0 Å². The van der Waals surface area contributed by atoms with Crippen LogP contribution in [-0.4, -0.2) is 40.9 Å². The van der Waals surface area contributed by atoms with Gasteiger partial charge in [-0.3, -0.25) is 9.59 Å². The SMILES string of the molecule is O=C(c1ccccc1)C(O)C(=O)N1CCCC1. The highest BCUT2D eigenvalue weighted by Gasteiger charge is 2.30. The lowest BCUT2D eigenvalue weighted by molar-refractivity contribution is -0.136. The van der Waals surface area contributed by atoms with Crippen LogP contribution in [-0.2, 0) is 4.79 Å². The average molecular weight is 233 g/mol. The Hall–Kier alpha value is -1.68. The molecule has 0 spiro atoms. The Labute approximate surface area is 99.9 Å². The van der Waals surface area contributed by atoms with Gasteiger partial charge in [-0.2, -0.15) is 0 Å². The van der Waals surface area contributed by atoms with Gasteiger partial charge in [-0.15, -0.1) is 0 Å². The molecule has 1 N–H and O–H groups in total. The number of nitrogens with zero attached hydrogens (tertiary/aromatic N) is 1. The van der Waals surface area contributed by atoms with E-state index in [-0.39, 0.29) is 0 Å². The summed E-state index contributed by atoms with van der Waals surface area (Å²) in [5.74, 6) is -1.00. The predicted octanol–water partition coefficient (Wildman–Crippen LogP) is 0.853. The van der Waals surface area contributed by atoms with Crippen LogP contribution in [0.1, 0.15) is 23.2 Å². The lowest BCUT2D eigenvalue weighted by atomic mass is 10.1. The van der Waals surface area contributed by atoms with Gasteiger partial charge in [-0.1, -0.05) is 30.3 Å². The molecule has 17 heavy (non-hydrogen) atoms. The Morgan fingerprint density at radius 3 is 2.29 bits per heavy atom. The van der Waals surface area contributed by atoms with Crippen molar-refractivity contribution in [3.63, 3.8) is 0 Å². The van der Waals surface area contributed by atoms with E-state index < -0.39 is 17.8 Å². The van der Waals surface area contributed by atoms with Gasteiger partial charge in [-0.05, 0) is 12.8 Å². The maximum Gasteiger partial charge on any atom is 0.259 e. The molecule has 1 aromatic rings. The van der Waals surface area contributed by atoms with E-state index in [1.54, 1.807) is 35.2 Å². The number of aliphatic hydroxyl groups excluding tert-OH is 1. The molecular weight excluding hydrogens is 218 g/mol. The number of likely N-dealkylation sites (tertiary alicyclic amines) is 1. The minimum absolute atomic E-state index is 0.368. The highest BCUT2D eigenvalue weighted by atomic mass is 16.3. The molecule has 2 rings (SSSR count). The molecule has 0 saturated carbocycles. The van der Waals surface area contributed by atoms with E-state index in [0.29, 0.717) is 18.7 Å². The highest BCUT2D eigenvalue weighted by molar-refractivity contribution is 6.12. The number of hydrogen-bond acceptors (Lipinski definition) is 3. The van der Waals surface area contributed by atoms with Crippen LogP contribution in [0.4, 0.5) is 0 Å². The normalized spacial score (nSPS) is 16.9. The largest absolute Gasteiger partial charge is 0.376 e. The van der Waals surface area contributed by atoms with Crippen molar-refractivity contribution >= 4 is 11.7 Å². The molecule has 0 bridgehead atoms. The summed E-state index contributed by atoms with van der Waals surface area (Å²) < 4.78 is 0. The number of benzene rings is 1. The van der Waals surface area contributed by atoms with E-state index in [1.807, 2.05) is 0 Å². The number of ketones is 1. The van der Waals surface area contributed by atoms with Gasteiger partial charge in [0.05, 0.1) is 0 Å². The van der Waals surface area contributed by atoms with Crippen molar-refractivity contribution in [2.24, 2.45) is 0 Å². The van der Waals surface area contributed by atoms with Gasteiger partial charge >= 0.3 is 0 Å². The molecule has 4 nitrogen and oxygen atoms in total. The Morgan fingerprint density at radius 1 is 1.12 bits per heavy atom. The zero-order chi connectivity index (χ0) is 12.3. The van der Waals surface area contributed by atoms with Crippen LogP contribution >= 0.6 is 0 Å². The molecule has 4 heteroatoms. The molecule has 1 fully saturated rings. The molecule has 1 saturated heterocycles. The lowest BCUT2D eigenvalue weighted by Gasteiger charge is -2.18. The monoisotopic (exact) mass is 233 g/mol. The minimum Gasteiger partial charge on any atom is -0.376 e. The van der Waals surface area contributed by atoms with E-state index >= 15 is 0 Å². The first kappa shape index (κ1) is 11.8. The van der Waals surface area contributed by atoms with Crippen LogP contribution in [0.15, 0.2) is 30.3 Å². The number of amides is 1. The van der Waals surface area contributed by atoms with Gasteiger partial charge in [-0.25, -0.2) is 0 Å². The van der Waals surface area contributed by atoms with Crippen molar-refractivity contribution in [3.05, 3.63) is 35.9 Å². The van der Waals surface area contributed by atoms with Crippen molar-refractivity contribution in [1.29, 1.82) is 0 Å². The zero-order valence-corrected chi connectivity index (χ0v) is 9.50. The van der Waals surface area contributed by atoms with Crippen LogP contribution in [0.3, 0.4) is 0 Å². The third-order valence-electron chi connectivity index (χ3n) is 2.96. The summed E-state index contributed by atoms with van der Waals surface area (Å²) >= 11 is 0. The molecule has 90 valence electrons. The van der Waals surface area contributed by atoms with E-state index in [4.69, 9.17) is 0 Å². The molecule has 1 heterocycles. The molecular formula is C13H15NO3. The summed E-state index contributed by atoms with van der Waals surface area (Å²) in [4.78, 5) is 25.2. The van der Waals surface area contributed by atoms with Gasteiger partial charge in [0.15, 0.2) is 6.10 Å². The fraction of sp³-hybridized carbons (Fsp3) is 0.385. The van der Waals surface area contributed by atoms with E-state index in [1.165, 1.54) is 0 Å². The highest BCUT2D eigenvalue weighted by Crippen LogP contribution is 2.11. The van der Waals surface area contributed by atoms with Crippen LogP contribution < -0.4 is 0 Å². The quantitative estimate of drug-likeness (QED) is 0.622. The molecule has 1 amide bonds. The fourth-order valence-electron chi connectivity index (χ4n) is 1.98. The molecule has 1 aliphatic rings. The number of carbonyl (C=O) groups is 2. The van der Waals surface area contributed by atoms with Crippen LogP contribution in [0, 0.1) is 0 Å². The summed E-state index contributed by atoms with van der Waals surface area (Å²) in [5.41, 5.74) is 0.368. The minimum atomic E-state index is -1.56. The first-order valence-electron chi connectivity index (χ1n) is 5.76. The van der Waals surface area contributed by atoms with E-state index in [2.05, 4.69) is 0 Å². The maximum atomic E-state index is 11.8. The molecule has 1 unspecified atom stereocenters. The van der Waals surface area contributed by atoms with Gasteiger partial charge in [0, 0.05) is 18.7 Å². The van der Waals surface area contributed by atoms with Crippen LogP contribution in [0.25, 0.3) is 0 Å². The van der Waals surface area contributed by atoms with Gasteiger partial charge in [0.2, 0.25) is 5.78 Å². The van der Waals surface area contributed by atoms with Crippen molar-refractivity contribution < 1.29 is 14.7 Å². The maximum absolute atomic E-state index is 11.8. The Morgan fingerprint density at radius 2 is 1.71 bits per heavy atom. The molecule has 0 aliphatic carbocycles. The van der Waals surface area contributed by atoms with Crippen molar-refractivity contribution in [3.8, 4) is 0 Å². The Balaban J connectivity index is 2.07. The smallest absolute Gasteiger partial charge is 0.259 e. The fourth-order valence-corrected chi connectivity index (χ4v) is 1.98. The molecule has 1 aromatic carbocycles. The number of hydrogen-bond donors (Lipinski definition) is 1. The van der Waals surface area contributed by atoms with Crippen LogP contribution in [0.2, 0.25) is 0 Å². The predicted molar refractivity (Wildman–Crippen MR) is 62.6 cm³/mol. The first-order chi connectivity index (χ1) is 8.20. The second kappa shape index (κ2) is 5.10. The second-order valence-electron chi connectivity index (χ2n) is 4.17. The third-order valence-corrected chi connectivity index (χ3v) is 2.96. The Kier molecular flexibility index (Phi) is 3.54. The number of rotatable bonds is 3. The summed E-state index contributed by atoms with van der Waals surface area (Å²) in [7, 11) is 0. The molecule has 1 atom stereocenters. The number of carbonyl (C=O) groups excluding carboxylic acids is 2. The van der Waals surface area contributed by atoms with E-state index in [9.17, 15) is 14.7 Å². The first-order valence-corrected chi connectivity index (χ1v) is 5.76. The zero-order valence-electron chi connectivity index (χ0n) is 9.50. The summed E-state index contributed by atoms with van der Waals surface area (Å²) in [6.07, 6.45) is 0.325. The second-order valence-corrected chi connectivity index (χ2v) is 4.17. The molecule has 0 radical (unpaired) electrons. The summed E-state index contributed by atoms with van der Waals surface area (Å²) in [6, 6.07) is 8.40. The van der Waals surface area contributed by atoms with Crippen molar-refractivity contribution in [1.82, 2.24) is 4.90 Å². The average Bonchev–Trinajstić information content (AvgIpc) is 2.91. The third kappa shape index (κ3) is 2.53. The van der Waals surface area contributed by atoms with Crippen molar-refractivity contribution in [2.45, 2.75) is 18.9 Å². The van der Waals surface area contributed by atoms with Crippen LogP contribution in [0.5, 0.6) is 0 Å². The van der Waals surface area contributed by atoms with Gasteiger partial charge < -0.3 is 10.0 Å². The number of aliphatic hydroxyl groups is 1. The summed E-state index contributed by atoms with van der Waals surface area (Å²) in [5, 5.41) is 9.76. The standard InChI is InChI=1S/C13H15NO3/c15-11(10-6-2-1-3-7-10)12(16)13(17)14-8-4-5-9-14/h1-3,6-7,12,16H,4-5,8-9H2.